The van der Waals surface area contributed by atoms with Gasteiger partial charge in [0.25, 0.3) is 0 Å². The van der Waals surface area contributed by atoms with E-state index in [1.807, 2.05) is 42.5 Å². The van der Waals surface area contributed by atoms with E-state index in [1.165, 1.54) is 0 Å². The molecule has 0 saturated carbocycles. The van der Waals surface area contributed by atoms with Gasteiger partial charge in [-0.15, -0.1) is 11.3 Å². The average molecular weight is 361 g/mol. The van der Waals surface area contributed by atoms with Gasteiger partial charge in [0, 0.05) is 0 Å². The fourth-order valence-electron chi connectivity index (χ4n) is 2.66. The molecule has 0 aliphatic carbocycles. The highest BCUT2D eigenvalue weighted by Gasteiger charge is 2.19. The summed E-state index contributed by atoms with van der Waals surface area (Å²) in [6, 6.07) is 22.3. The number of aromatic nitrogens is 1. The lowest BCUT2D eigenvalue weighted by atomic mass is 10.2. The molecule has 4 rings (SSSR count). The first kappa shape index (κ1) is 16.3. The molecule has 1 heterocycles. The minimum atomic E-state index is -0.433. The summed E-state index contributed by atoms with van der Waals surface area (Å²) in [4.78, 5) is 17.2. The zero-order valence-electron chi connectivity index (χ0n) is 14.0. The molecule has 128 valence electrons. The van der Waals surface area contributed by atoms with Crippen LogP contribution in [0.2, 0.25) is 0 Å². The Labute approximate surface area is 154 Å². The Hall–Kier alpha value is -3.18. The summed E-state index contributed by atoms with van der Waals surface area (Å²) in [6.07, 6.45) is 0. The highest BCUT2D eigenvalue weighted by Crippen LogP contribution is 2.41. The molecule has 0 radical (unpaired) electrons. The third-order valence-corrected chi connectivity index (χ3v) is 5.00. The summed E-state index contributed by atoms with van der Waals surface area (Å²) < 4.78 is 12.2. The molecule has 0 unspecified atom stereocenters. The minimum absolute atomic E-state index is 0.378. The molecule has 0 fully saturated rings. The van der Waals surface area contributed by atoms with E-state index in [0.29, 0.717) is 17.1 Å². The lowest BCUT2D eigenvalue weighted by Gasteiger charge is -2.12. The number of benzene rings is 3. The molecule has 0 aliphatic rings. The third-order valence-electron chi connectivity index (χ3n) is 3.93. The Morgan fingerprint density at radius 3 is 2.46 bits per heavy atom. The summed E-state index contributed by atoms with van der Waals surface area (Å²) >= 11 is 1.55. The fraction of sp³-hybridized carbons (Fsp3) is 0.0476. The average Bonchev–Trinajstić information content (AvgIpc) is 3.12. The molecule has 5 heteroatoms. The highest BCUT2D eigenvalue weighted by atomic mass is 32.1. The van der Waals surface area contributed by atoms with Crippen molar-refractivity contribution in [3.63, 3.8) is 0 Å². The van der Waals surface area contributed by atoms with E-state index in [2.05, 4.69) is 4.98 Å². The van der Waals surface area contributed by atoms with Crippen molar-refractivity contribution >= 4 is 27.5 Å². The summed E-state index contributed by atoms with van der Waals surface area (Å²) in [5, 5.41) is 0.779. The van der Waals surface area contributed by atoms with Gasteiger partial charge in [-0.1, -0.05) is 36.4 Å². The van der Waals surface area contributed by atoms with Gasteiger partial charge in [-0.3, -0.25) is 0 Å². The van der Waals surface area contributed by atoms with E-state index in [-0.39, 0.29) is 0 Å². The van der Waals surface area contributed by atoms with Crippen molar-refractivity contribution in [1.82, 2.24) is 4.98 Å². The number of hydrogen-bond acceptors (Lipinski definition) is 5. The predicted molar refractivity (Wildman–Crippen MR) is 103 cm³/mol. The van der Waals surface area contributed by atoms with Gasteiger partial charge >= 0.3 is 5.97 Å². The molecule has 4 nitrogen and oxygen atoms in total. The van der Waals surface area contributed by atoms with Gasteiger partial charge in [-0.05, 0) is 36.4 Å². The quantitative estimate of drug-likeness (QED) is 0.371. The van der Waals surface area contributed by atoms with Crippen molar-refractivity contribution in [2.24, 2.45) is 0 Å². The van der Waals surface area contributed by atoms with Crippen molar-refractivity contribution in [2.45, 2.75) is 0 Å². The van der Waals surface area contributed by atoms with Crippen LogP contribution < -0.4 is 9.47 Å². The van der Waals surface area contributed by atoms with E-state index < -0.39 is 5.97 Å². The van der Waals surface area contributed by atoms with Gasteiger partial charge < -0.3 is 9.47 Å². The number of carbonyl (C=O) groups excluding carboxylic acids is 1. The molecule has 26 heavy (non-hydrogen) atoms. The first-order chi connectivity index (χ1) is 12.8. The smallest absolute Gasteiger partial charge is 0.343 e. The number of nitrogens with zero attached hydrogens (tertiary/aromatic N) is 1. The van der Waals surface area contributed by atoms with E-state index in [9.17, 15) is 4.79 Å². The summed E-state index contributed by atoms with van der Waals surface area (Å²) in [5.74, 6) is 0.436. The molecule has 4 aromatic rings. The zero-order chi connectivity index (χ0) is 17.9. The number of thiazole rings is 1. The Morgan fingerprint density at radius 2 is 1.69 bits per heavy atom. The summed E-state index contributed by atoms with van der Waals surface area (Å²) in [7, 11) is 1.55. The second kappa shape index (κ2) is 6.98. The molecule has 0 aliphatic heterocycles. The van der Waals surface area contributed by atoms with Gasteiger partial charge in [0.2, 0.25) is 0 Å². The van der Waals surface area contributed by atoms with Crippen LogP contribution in [0.5, 0.6) is 11.5 Å². The standard InChI is InChI=1S/C21H15NO3S/c1-24-17-12-7-10-15(20-22-16-11-5-6-13-18(16)26-20)19(17)25-21(23)14-8-3-2-4-9-14/h2-13H,1H3. The Balaban J connectivity index is 1.79. The normalized spacial score (nSPS) is 10.7. The molecule has 0 saturated heterocycles. The van der Waals surface area contributed by atoms with E-state index >= 15 is 0 Å². The summed E-state index contributed by atoms with van der Waals surface area (Å²) in [6.45, 7) is 0. The largest absolute Gasteiger partial charge is 0.493 e. The maximum absolute atomic E-state index is 12.5. The van der Waals surface area contributed by atoms with Crippen LogP contribution in [0.4, 0.5) is 0 Å². The Morgan fingerprint density at radius 1 is 0.923 bits per heavy atom. The topological polar surface area (TPSA) is 48.4 Å². The lowest BCUT2D eigenvalue weighted by Crippen LogP contribution is -2.09. The van der Waals surface area contributed by atoms with Crippen LogP contribution in [0.15, 0.2) is 72.8 Å². The van der Waals surface area contributed by atoms with E-state index in [4.69, 9.17) is 9.47 Å². The monoisotopic (exact) mass is 361 g/mol. The van der Waals surface area contributed by atoms with Crippen molar-refractivity contribution < 1.29 is 14.3 Å². The van der Waals surface area contributed by atoms with Crippen molar-refractivity contribution in [3.05, 3.63) is 78.4 Å². The van der Waals surface area contributed by atoms with Crippen molar-refractivity contribution in [1.29, 1.82) is 0 Å². The van der Waals surface area contributed by atoms with E-state index in [1.54, 1.807) is 48.8 Å². The second-order valence-electron chi connectivity index (χ2n) is 5.58. The number of rotatable bonds is 4. The van der Waals surface area contributed by atoms with Gasteiger partial charge in [-0.25, -0.2) is 9.78 Å². The Kier molecular flexibility index (Phi) is 4.37. The zero-order valence-corrected chi connectivity index (χ0v) is 14.8. The molecular formula is C21H15NO3S. The maximum Gasteiger partial charge on any atom is 0.343 e. The van der Waals surface area contributed by atoms with Crippen LogP contribution in [-0.2, 0) is 0 Å². The second-order valence-corrected chi connectivity index (χ2v) is 6.61. The Bertz CT molecular complexity index is 1040. The number of ether oxygens (including phenoxy) is 2. The van der Waals surface area contributed by atoms with Gasteiger partial charge in [0.15, 0.2) is 11.5 Å². The third kappa shape index (κ3) is 3.05. The van der Waals surface area contributed by atoms with Crippen LogP contribution in [0.25, 0.3) is 20.8 Å². The first-order valence-electron chi connectivity index (χ1n) is 8.06. The fourth-order valence-corrected chi connectivity index (χ4v) is 3.65. The van der Waals surface area contributed by atoms with Crippen LogP contribution in [0, 0.1) is 0 Å². The van der Waals surface area contributed by atoms with Gasteiger partial charge in [0.1, 0.15) is 5.01 Å². The van der Waals surface area contributed by atoms with Crippen LogP contribution in [-0.4, -0.2) is 18.1 Å². The van der Waals surface area contributed by atoms with Gasteiger partial charge in [-0.2, -0.15) is 0 Å². The molecule has 0 N–H and O–H groups in total. The number of hydrogen-bond donors (Lipinski definition) is 0. The number of para-hydroxylation sites is 2. The predicted octanol–water partition coefficient (Wildman–Crippen LogP) is 5.19. The molecule has 3 aromatic carbocycles. The van der Waals surface area contributed by atoms with Crippen LogP contribution in [0.3, 0.4) is 0 Å². The SMILES string of the molecule is COc1cccc(-c2nc3ccccc3s2)c1OC(=O)c1ccccc1. The number of fused-ring (bicyclic) bond motifs is 1. The number of methoxy groups -OCH3 is 1. The minimum Gasteiger partial charge on any atom is -0.493 e. The molecular weight excluding hydrogens is 346 g/mol. The lowest BCUT2D eigenvalue weighted by molar-refractivity contribution is 0.0730. The molecule has 0 bridgehead atoms. The van der Waals surface area contributed by atoms with E-state index in [0.717, 1.165) is 20.8 Å². The number of esters is 1. The molecule has 0 amide bonds. The van der Waals surface area contributed by atoms with Crippen LogP contribution in [0.1, 0.15) is 10.4 Å². The highest BCUT2D eigenvalue weighted by molar-refractivity contribution is 7.21. The molecule has 0 atom stereocenters. The molecule has 0 spiro atoms. The van der Waals surface area contributed by atoms with Crippen molar-refractivity contribution in [2.75, 3.05) is 7.11 Å². The van der Waals surface area contributed by atoms with Crippen LogP contribution >= 0.6 is 11.3 Å². The maximum atomic E-state index is 12.5. The van der Waals surface area contributed by atoms with Gasteiger partial charge in [0.05, 0.1) is 28.5 Å². The number of carbonyl (C=O) groups is 1. The molecule has 1 aromatic heterocycles. The first-order valence-corrected chi connectivity index (χ1v) is 8.88. The van der Waals surface area contributed by atoms with Crippen molar-refractivity contribution in [3.8, 4) is 22.1 Å². The summed E-state index contributed by atoms with van der Waals surface area (Å²) in [5.41, 5.74) is 2.12.